The molecule has 0 spiro atoms. The molecule has 0 atom stereocenters. The number of hydrogen-bond donors (Lipinski definition) is 1. The van der Waals surface area contributed by atoms with Crippen LogP contribution >= 0.6 is 0 Å². The Balaban J connectivity index is 2.35. The molecule has 0 aliphatic carbocycles. The van der Waals surface area contributed by atoms with Crippen molar-refractivity contribution in [3.05, 3.63) is 42.0 Å². The normalized spacial score (nSPS) is 10.1. The molecule has 2 aromatic rings. The van der Waals surface area contributed by atoms with E-state index < -0.39 is 0 Å². The van der Waals surface area contributed by atoms with Crippen LogP contribution in [0.4, 0.5) is 17.3 Å². The molecule has 1 aromatic carbocycles. The summed E-state index contributed by atoms with van der Waals surface area (Å²) in [6.45, 7) is 2.07. The van der Waals surface area contributed by atoms with Gasteiger partial charge in [0.2, 0.25) is 0 Å². The van der Waals surface area contributed by atoms with Crippen molar-refractivity contribution >= 4 is 17.3 Å². The number of aromatic nitrogens is 2. The minimum absolute atomic E-state index is 0.432. The lowest BCUT2D eigenvalue weighted by atomic mass is 10.2. The van der Waals surface area contributed by atoms with Gasteiger partial charge in [0, 0.05) is 12.7 Å². The molecule has 4 heteroatoms. The van der Waals surface area contributed by atoms with Gasteiger partial charge in [0.25, 0.3) is 0 Å². The van der Waals surface area contributed by atoms with Crippen LogP contribution in [-0.2, 0) is 0 Å². The summed E-state index contributed by atoms with van der Waals surface area (Å²) in [6, 6.07) is 11.7. The first-order chi connectivity index (χ1) is 7.68. The molecular formula is C12H14N4. The van der Waals surface area contributed by atoms with E-state index in [4.69, 9.17) is 5.73 Å². The van der Waals surface area contributed by atoms with E-state index >= 15 is 0 Å². The Kier molecular flexibility index (Phi) is 2.72. The van der Waals surface area contributed by atoms with Crippen molar-refractivity contribution in [2.75, 3.05) is 17.7 Å². The van der Waals surface area contributed by atoms with Crippen LogP contribution in [0.3, 0.4) is 0 Å². The summed E-state index contributed by atoms with van der Waals surface area (Å²) in [5.74, 6) is 1.21. The van der Waals surface area contributed by atoms with E-state index in [1.165, 1.54) is 5.56 Å². The van der Waals surface area contributed by atoms with Crippen molar-refractivity contribution in [3.63, 3.8) is 0 Å². The number of aryl methyl sites for hydroxylation is 1. The average Bonchev–Trinajstić information content (AvgIpc) is 2.30. The summed E-state index contributed by atoms with van der Waals surface area (Å²) in [4.78, 5) is 1.99. The van der Waals surface area contributed by atoms with Crippen LogP contribution in [0.25, 0.3) is 0 Å². The maximum Gasteiger partial charge on any atom is 0.155 e. The third-order valence-electron chi connectivity index (χ3n) is 2.49. The Morgan fingerprint density at radius 3 is 2.44 bits per heavy atom. The van der Waals surface area contributed by atoms with Crippen molar-refractivity contribution in [3.8, 4) is 0 Å². The number of hydrogen-bond acceptors (Lipinski definition) is 4. The van der Waals surface area contributed by atoms with Gasteiger partial charge in [-0.1, -0.05) is 18.2 Å². The molecule has 82 valence electrons. The van der Waals surface area contributed by atoms with Crippen molar-refractivity contribution < 1.29 is 0 Å². The molecule has 1 aromatic heterocycles. The molecule has 0 aliphatic heterocycles. The standard InChI is InChI=1S/C12H14N4/c1-9-5-3-4-6-10(9)16(2)12-8-7-11(13)14-15-12/h3-8H,1-2H3,(H2,13,14). The highest BCUT2D eigenvalue weighted by Gasteiger charge is 2.07. The van der Waals surface area contributed by atoms with Crippen molar-refractivity contribution in [2.45, 2.75) is 6.92 Å². The predicted molar refractivity (Wildman–Crippen MR) is 65.7 cm³/mol. The molecule has 2 N–H and O–H groups in total. The van der Waals surface area contributed by atoms with Gasteiger partial charge in [-0.05, 0) is 30.7 Å². The second kappa shape index (κ2) is 4.18. The molecule has 0 bridgehead atoms. The third-order valence-corrected chi connectivity index (χ3v) is 2.49. The highest BCUT2D eigenvalue weighted by molar-refractivity contribution is 5.62. The summed E-state index contributed by atoms with van der Waals surface area (Å²) in [5, 5.41) is 7.89. The fourth-order valence-corrected chi connectivity index (χ4v) is 1.58. The monoisotopic (exact) mass is 214 g/mol. The van der Waals surface area contributed by atoms with Gasteiger partial charge in [-0.25, -0.2) is 0 Å². The molecule has 16 heavy (non-hydrogen) atoms. The molecule has 0 unspecified atom stereocenters. The van der Waals surface area contributed by atoms with Gasteiger partial charge in [0.15, 0.2) is 5.82 Å². The van der Waals surface area contributed by atoms with Gasteiger partial charge < -0.3 is 10.6 Å². The fourth-order valence-electron chi connectivity index (χ4n) is 1.58. The summed E-state index contributed by atoms with van der Waals surface area (Å²) >= 11 is 0. The van der Waals surface area contributed by atoms with Gasteiger partial charge in [0.05, 0.1) is 0 Å². The highest BCUT2D eigenvalue weighted by Crippen LogP contribution is 2.24. The van der Waals surface area contributed by atoms with Gasteiger partial charge in [0.1, 0.15) is 5.82 Å². The summed E-state index contributed by atoms with van der Waals surface area (Å²) in [7, 11) is 1.96. The lowest BCUT2D eigenvalue weighted by molar-refractivity contribution is 0.993. The van der Waals surface area contributed by atoms with E-state index in [-0.39, 0.29) is 0 Å². The van der Waals surface area contributed by atoms with Crippen LogP contribution in [-0.4, -0.2) is 17.2 Å². The van der Waals surface area contributed by atoms with Crippen molar-refractivity contribution in [1.82, 2.24) is 10.2 Å². The molecule has 1 heterocycles. The minimum Gasteiger partial charge on any atom is -0.382 e. The molecule has 0 saturated heterocycles. The van der Waals surface area contributed by atoms with Gasteiger partial charge in [-0.2, -0.15) is 0 Å². The van der Waals surface area contributed by atoms with Crippen molar-refractivity contribution in [1.29, 1.82) is 0 Å². The van der Waals surface area contributed by atoms with Crippen LogP contribution in [0, 0.1) is 6.92 Å². The average molecular weight is 214 g/mol. The van der Waals surface area contributed by atoms with E-state index in [0.29, 0.717) is 5.82 Å². The van der Waals surface area contributed by atoms with Crippen molar-refractivity contribution in [2.24, 2.45) is 0 Å². The van der Waals surface area contributed by atoms with Crippen LogP contribution in [0.2, 0.25) is 0 Å². The molecule has 2 rings (SSSR count). The molecule has 4 nitrogen and oxygen atoms in total. The van der Waals surface area contributed by atoms with E-state index in [2.05, 4.69) is 23.2 Å². The smallest absolute Gasteiger partial charge is 0.155 e. The zero-order valence-electron chi connectivity index (χ0n) is 9.38. The van der Waals surface area contributed by atoms with Crippen LogP contribution in [0.15, 0.2) is 36.4 Å². The molecule has 0 aliphatic rings. The number of anilines is 3. The topological polar surface area (TPSA) is 55.0 Å². The molecule has 0 saturated carbocycles. The second-order valence-corrected chi connectivity index (χ2v) is 3.66. The molecule has 0 amide bonds. The quantitative estimate of drug-likeness (QED) is 0.832. The van der Waals surface area contributed by atoms with Gasteiger partial charge >= 0.3 is 0 Å². The first kappa shape index (κ1) is 10.4. The summed E-state index contributed by atoms with van der Waals surface area (Å²) < 4.78 is 0. The number of nitrogens with zero attached hydrogens (tertiary/aromatic N) is 3. The van der Waals surface area contributed by atoms with Crippen LogP contribution in [0.1, 0.15) is 5.56 Å². The number of nitrogen functional groups attached to an aromatic ring is 1. The molecular weight excluding hydrogens is 200 g/mol. The Labute approximate surface area is 94.7 Å². The van der Waals surface area contributed by atoms with E-state index in [1.807, 2.05) is 36.2 Å². The van der Waals surface area contributed by atoms with Gasteiger partial charge in [-0.15, -0.1) is 10.2 Å². The fraction of sp³-hybridized carbons (Fsp3) is 0.167. The SMILES string of the molecule is Cc1ccccc1N(C)c1ccc(N)nn1. The van der Waals surface area contributed by atoms with Crippen LogP contribution < -0.4 is 10.6 Å². The Morgan fingerprint density at radius 1 is 1.06 bits per heavy atom. The second-order valence-electron chi connectivity index (χ2n) is 3.66. The highest BCUT2D eigenvalue weighted by atomic mass is 15.3. The van der Waals surface area contributed by atoms with E-state index in [0.717, 1.165) is 11.5 Å². The van der Waals surface area contributed by atoms with Crippen LogP contribution in [0.5, 0.6) is 0 Å². The maximum atomic E-state index is 5.50. The number of para-hydroxylation sites is 1. The first-order valence-electron chi connectivity index (χ1n) is 5.07. The van der Waals surface area contributed by atoms with E-state index in [1.54, 1.807) is 6.07 Å². The van der Waals surface area contributed by atoms with E-state index in [9.17, 15) is 0 Å². The summed E-state index contributed by atoms with van der Waals surface area (Å²) in [6.07, 6.45) is 0. The lowest BCUT2D eigenvalue weighted by Crippen LogP contribution is -2.13. The largest absolute Gasteiger partial charge is 0.382 e. The molecule has 0 fully saturated rings. The molecule has 0 radical (unpaired) electrons. The maximum absolute atomic E-state index is 5.50. The van der Waals surface area contributed by atoms with Gasteiger partial charge in [-0.3, -0.25) is 0 Å². The number of benzene rings is 1. The Hall–Kier alpha value is -2.10. The number of rotatable bonds is 2. The number of nitrogens with two attached hydrogens (primary N) is 1. The Morgan fingerprint density at radius 2 is 1.81 bits per heavy atom. The third kappa shape index (κ3) is 1.95. The lowest BCUT2D eigenvalue weighted by Gasteiger charge is -2.19. The Bertz CT molecular complexity index is 479. The minimum atomic E-state index is 0.432. The zero-order chi connectivity index (χ0) is 11.5. The zero-order valence-corrected chi connectivity index (χ0v) is 9.38. The first-order valence-corrected chi connectivity index (χ1v) is 5.07. The predicted octanol–water partition coefficient (Wildman–Crippen LogP) is 2.14. The summed E-state index contributed by atoms with van der Waals surface area (Å²) in [5.41, 5.74) is 7.81.